The molecule has 0 bridgehead atoms. The third-order valence-corrected chi connectivity index (χ3v) is 6.46. The number of methoxy groups -OCH3 is 1. The van der Waals surface area contributed by atoms with Gasteiger partial charge in [0.2, 0.25) is 0 Å². The van der Waals surface area contributed by atoms with Gasteiger partial charge >= 0.3 is 6.18 Å². The summed E-state index contributed by atoms with van der Waals surface area (Å²) in [6.07, 6.45) is -1.45. The Morgan fingerprint density at radius 2 is 1.82 bits per heavy atom. The predicted molar refractivity (Wildman–Crippen MR) is 116 cm³/mol. The zero-order chi connectivity index (χ0) is 23.4. The Bertz CT molecular complexity index is 1220. The first-order valence-corrected chi connectivity index (χ1v) is 10.7. The van der Waals surface area contributed by atoms with Gasteiger partial charge in [-0.05, 0) is 48.9 Å². The highest BCUT2D eigenvalue weighted by Gasteiger charge is 2.45. The number of benzene rings is 2. The number of hydrogen-bond donors (Lipinski definition) is 0. The normalized spacial score (nSPS) is 16.7. The van der Waals surface area contributed by atoms with Crippen molar-refractivity contribution >= 4 is 5.91 Å². The Morgan fingerprint density at radius 3 is 2.52 bits per heavy atom. The Kier molecular flexibility index (Phi) is 4.92. The van der Waals surface area contributed by atoms with Crippen LogP contribution in [0.1, 0.15) is 40.0 Å². The second-order valence-electron chi connectivity index (χ2n) is 8.54. The van der Waals surface area contributed by atoms with E-state index in [1.54, 1.807) is 4.90 Å². The summed E-state index contributed by atoms with van der Waals surface area (Å²) in [5.41, 5.74) is 1.58. The summed E-state index contributed by atoms with van der Waals surface area (Å²) in [5, 5.41) is 0. The highest BCUT2D eigenvalue weighted by molar-refractivity contribution is 5.94. The minimum atomic E-state index is -4.61. The highest BCUT2D eigenvalue weighted by atomic mass is 19.4. The number of hydrogen-bond acceptors (Lipinski definition) is 3. The van der Waals surface area contributed by atoms with Gasteiger partial charge in [0, 0.05) is 37.7 Å². The molecule has 0 unspecified atom stereocenters. The van der Waals surface area contributed by atoms with Crippen LogP contribution in [0, 0.1) is 6.92 Å². The average Bonchev–Trinajstić information content (AvgIpc) is 3.21. The van der Waals surface area contributed by atoms with Crippen LogP contribution in [0.5, 0.6) is 11.5 Å². The molecule has 2 aliphatic rings. The molecule has 172 valence electrons. The van der Waals surface area contributed by atoms with E-state index in [-0.39, 0.29) is 11.3 Å². The van der Waals surface area contributed by atoms with Crippen molar-refractivity contribution in [1.29, 1.82) is 0 Å². The lowest BCUT2D eigenvalue weighted by molar-refractivity contribution is -0.138. The molecular formula is C25H23F3N2O3. The lowest BCUT2D eigenvalue weighted by Gasteiger charge is -2.45. The number of halogens is 3. The van der Waals surface area contributed by atoms with Crippen LogP contribution in [0.25, 0.3) is 5.69 Å². The van der Waals surface area contributed by atoms with E-state index in [9.17, 15) is 18.0 Å². The molecule has 1 aromatic heterocycles. The van der Waals surface area contributed by atoms with Gasteiger partial charge in [0.1, 0.15) is 11.5 Å². The third-order valence-electron chi connectivity index (χ3n) is 6.46. The number of rotatable bonds is 2. The largest absolute Gasteiger partial charge is 0.496 e. The van der Waals surface area contributed by atoms with E-state index >= 15 is 0 Å². The average molecular weight is 456 g/mol. The summed E-state index contributed by atoms with van der Waals surface area (Å²) >= 11 is 0. The molecule has 0 saturated carbocycles. The van der Waals surface area contributed by atoms with E-state index in [2.05, 4.69) is 16.8 Å². The van der Waals surface area contributed by atoms with E-state index in [1.165, 1.54) is 19.2 Å². The predicted octanol–water partition coefficient (Wildman–Crippen LogP) is 5.34. The molecule has 0 radical (unpaired) electrons. The number of nitrogens with zero attached hydrogens (tertiary/aromatic N) is 2. The molecule has 0 N–H and O–H groups in total. The first kappa shape index (κ1) is 21.4. The fourth-order valence-corrected chi connectivity index (χ4v) is 4.83. The number of aromatic nitrogens is 1. The number of amides is 1. The van der Waals surface area contributed by atoms with Gasteiger partial charge in [-0.15, -0.1) is 0 Å². The van der Waals surface area contributed by atoms with Crippen molar-refractivity contribution in [2.75, 3.05) is 20.2 Å². The van der Waals surface area contributed by atoms with Crippen molar-refractivity contribution in [3.8, 4) is 17.2 Å². The van der Waals surface area contributed by atoms with Gasteiger partial charge in [-0.1, -0.05) is 12.1 Å². The second kappa shape index (κ2) is 7.57. The Morgan fingerprint density at radius 1 is 1.09 bits per heavy atom. The topological polar surface area (TPSA) is 43.7 Å². The fraction of sp³-hybridized carbons (Fsp3) is 0.320. The number of carbonyl (C=O) groups excluding carboxylic acids is 1. The maximum Gasteiger partial charge on any atom is 0.419 e. The maximum atomic E-state index is 13.4. The minimum Gasteiger partial charge on any atom is -0.496 e. The number of alkyl halides is 3. The Hall–Kier alpha value is -3.42. The number of piperidine rings is 1. The van der Waals surface area contributed by atoms with Crippen molar-refractivity contribution in [1.82, 2.24) is 9.47 Å². The number of aryl methyl sites for hydroxylation is 1. The van der Waals surface area contributed by atoms with Crippen LogP contribution in [0.15, 0.2) is 54.7 Å². The third kappa shape index (κ3) is 3.53. The molecule has 0 aliphatic carbocycles. The van der Waals surface area contributed by atoms with Crippen LogP contribution < -0.4 is 9.47 Å². The van der Waals surface area contributed by atoms with E-state index in [0.29, 0.717) is 25.9 Å². The number of para-hydroxylation sites is 2. The van der Waals surface area contributed by atoms with Crippen LogP contribution in [0.4, 0.5) is 13.2 Å². The van der Waals surface area contributed by atoms with Crippen LogP contribution in [-0.2, 0) is 11.8 Å². The standard InChI is InChI=1S/C25H23F3N2O3/c1-16-13-22-24(33-21-6-4-3-5-19(21)30(22)15-16)9-11-29(12-10-24)23(31)17-7-8-20(32-2)18(14-17)25(26,27)28/h3-8,13-15H,9-12H2,1-2H3. The highest BCUT2D eigenvalue weighted by Crippen LogP contribution is 2.45. The molecule has 2 aliphatic heterocycles. The molecule has 3 heterocycles. The van der Waals surface area contributed by atoms with Crippen LogP contribution in [0.3, 0.4) is 0 Å². The van der Waals surface area contributed by atoms with Crippen molar-refractivity contribution in [3.63, 3.8) is 0 Å². The van der Waals surface area contributed by atoms with Gasteiger partial charge in [-0.3, -0.25) is 4.79 Å². The summed E-state index contributed by atoms with van der Waals surface area (Å²) in [6, 6.07) is 13.4. The molecule has 0 atom stereocenters. The summed E-state index contributed by atoms with van der Waals surface area (Å²) in [4.78, 5) is 14.7. The molecular weight excluding hydrogens is 433 g/mol. The van der Waals surface area contributed by atoms with Gasteiger partial charge in [-0.2, -0.15) is 13.2 Å². The van der Waals surface area contributed by atoms with Crippen LogP contribution in [0.2, 0.25) is 0 Å². The SMILES string of the molecule is COc1ccc(C(=O)N2CCC3(CC2)Oc2ccccc2-n2cc(C)cc23)cc1C(F)(F)F. The smallest absolute Gasteiger partial charge is 0.419 e. The minimum absolute atomic E-state index is 0.00629. The lowest BCUT2D eigenvalue weighted by atomic mass is 9.86. The molecule has 1 fully saturated rings. The molecule has 2 aromatic carbocycles. The lowest BCUT2D eigenvalue weighted by Crippen LogP contribution is -2.50. The maximum absolute atomic E-state index is 13.4. The summed E-state index contributed by atoms with van der Waals surface area (Å²) in [6.45, 7) is 2.78. The summed E-state index contributed by atoms with van der Waals surface area (Å²) < 4.78 is 53.7. The van der Waals surface area contributed by atoms with Crippen molar-refractivity contribution in [3.05, 3.63) is 77.1 Å². The van der Waals surface area contributed by atoms with Crippen LogP contribution >= 0.6 is 0 Å². The zero-order valence-electron chi connectivity index (χ0n) is 18.3. The van der Waals surface area contributed by atoms with E-state index in [1.807, 2.05) is 31.2 Å². The zero-order valence-corrected chi connectivity index (χ0v) is 18.3. The van der Waals surface area contributed by atoms with Crippen molar-refractivity contribution in [2.24, 2.45) is 0 Å². The number of likely N-dealkylation sites (tertiary alicyclic amines) is 1. The Labute approximate surface area is 189 Å². The monoisotopic (exact) mass is 456 g/mol. The molecule has 8 heteroatoms. The number of fused-ring (bicyclic) bond motifs is 4. The van der Waals surface area contributed by atoms with Gasteiger partial charge in [0.25, 0.3) is 5.91 Å². The first-order chi connectivity index (χ1) is 15.7. The molecule has 1 amide bonds. The first-order valence-electron chi connectivity index (χ1n) is 10.7. The molecule has 5 nitrogen and oxygen atoms in total. The molecule has 5 rings (SSSR count). The van der Waals surface area contributed by atoms with Gasteiger partial charge in [0.05, 0.1) is 24.1 Å². The Balaban J connectivity index is 1.40. The molecule has 1 spiro atoms. The number of ether oxygens (including phenoxy) is 2. The summed E-state index contributed by atoms with van der Waals surface area (Å²) in [7, 11) is 1.18. The quantitative estimate of drug-likeness (QED) is 0.523. The van der Waals surface area contributed by atoms with Gasteiger partial charge in [-0.25, -0.2) is 0 Å². The van der Waals surface area contributed by atoms with Crippen LogP contribution in [-0.4, -0.2) is 35.6 Å². The molecule has 33 heavy (non-hydrogen) atoms. The van der Waals surface area contributed by atoms with Crippen molar-refractivity contribution in [2.45, 2.75) is 31.5 Å². The van der Waals surface area contributed by atoms with Gasteiger partial charge in [0.15, 0.2) is 5.60 Å². The van der Waals surface area contributed by atoms with E-state index in [4.69, 9.17) is 9.47 Å². The van der Waals surface area contributed by atoms with E-state index in [0.717, 1.165) is 28.8 Å². The van der Waals surface area contributed by atoms with Crippen molar-refractivity contribution < 1.29 is 27.4 Å². The summed E-state index contributed by atoms with van der Waals surface area (Å²) in [5.74, 6) is 0.0492. The van der Waals surface area contributed by atoms with Gasteiger partial charge < -0.3 is 18.9 Å². The molecule has 1 saturated heterocycles. The fourth-order valence-electron chi connectivity index (χ4n) is 4.83. The molecule has 3 aromatic rings. The number of carbonyl (C=O) groups is 1. The second-order valence-corrected chi connectivity index (χ2v) is 8.54. The van der Waals surface area contributed by atoms with E-state index < -0.39 is 23.2 Å².